The highest BCUT2D eigenvalue weighted by atomic mass is 32.2. The van der Waals surface area contributed by atoms with Crippen LogP contribution in [-0.2, 0) is 14.8 Å². The summed E-state index contributed by atoms with van der Waals surface area (Å²) in [5, 5.41) is 0. The summed E-state index contributed by atoms with van der Waals surface area (Å²) in [5.74, 6) is 0.142. The summed E-state index contributed by atoms with van der Waals surface area (Å²) in [7, 11) is -0.719. The Morgan fingerprint density at radius 2 is 1.94 bits per heavy atom. The van der Waals surface area contributed by atoms with Crippen molar-refractivity contribution >= 4 is 21.6 Å². The number of benzene rings is 1. The van der Waals surface area contributed by atoms with Gasteiger partial charge in [-0.3, -0.25) is 4.79 Å². The monoisotopic (exact) mass is 271 g/mol. The van der Waals surface area contributed by atoms with Crippen LogP contribution in [0, 0.1) is 0 Å². The molecule has 1 aromatic carbocycles. The van der Waals surface area contributed by atoms with Crippen LogP contribution >= 0.6 is 0 Å². The molecule has 1 heterocycles. The topological polar surface area (TPSA) is 72.9 Å². The Bertz CT molecular complexity index is 581. The number of carbonyl (C=O) groups is 1. The summed E-state index contributed by atoms with van der Waals surface area (Å²) in [6, 6.07) is 4.67. The number of nitrogens with zero attached hydrogens (tertiary/aromatic N) is 1. The highest BCUT2D eigenvalue weighted by molar-refractivity contribution is 7.94. The van der Waals surface area contributed by atoms with Gasteiger partial charge in [-0.05, 0) is 12.1 Å². The van der Waals surface area contributed by atoms with Crippen LogP contribution < -0.4 is 13.8 Å². The van der Waals surface area contributed by atoms with Crippen molar-refractivity contribution in [1.29, 1.82) is 0 Å². The third kappa shape index (κ3) is 2.01. The maximum Gasteiger partial charge on any atom is 0.242 e. The van der Waals surface area contributed by atoms with Gasteiger partial charge in [0.15, 0.2) is 0 Å². The van der Waals surface area contributed by atoms with Gasteiger partial charge in [0.1, 0.15) is 17.2 Å². The summed E-state index contributed by atoms with van der Waals surface area (Å²) < 4.78 is 34.6. The third-order valence-electron chi connectivity index (χ3n) is 2.68. The molecule has 1 amide bonds. The highest BCUT2D eigenvalue weighted by Gasteiger charge is 2.38. The molecule has 1 aliphatic heterocycles. The van der Waals surface area contributed by atoms with Crippen molar-refractivity contribution < 1.29 is 22.7 Å². The molecule has 1 saturated heterocycles. The first-order chi connectivity index (χ1) is 8.49. The fourth-order valence-electron chi connectivity index (χ4n) is 1.80. The molecule has 98 valence electrons. The van der Waals surface area contributed by atoms with Gasteiger partial charge in [0, 0.05) is 12.5 Å². The van der Waals surface area contributed by atoms with E-state index < -0.39 is 15.9 Å². The van der Waals surface area contributed by atoms with Gasteiger partial charge >= 0.3 is 0 Å². The number of sulfonamides is 1. The van der Waals surface area contributed by atoms with E-state index in [1.807, 2.05) is 0 Å². The van der Waals surface area contributed by atoms with E-state index >= 15 is 0 Å². The van der Waals surface area contributed by atoms with Gasteiger partial charge in [-0.2, -0.15) is 0 Å². The minimum absolute atomic E-state index is 0.0112. The zero-order valence-electron chi connectivity index (χ0n) is 10.0. The summed E-state index contributed by atoms with van der Waals surface area (Å²) in [5.41, 5.74) is 0.194. The molecule has 0 spiro atoms. The van der Waals surface area contributed by atoms with Gasteiger partial charge in [0.25, 0.3) is 0 Å². The molecule has 2 rings (SSSR count). The first-order valence-corrected chi connectivity index (χ1v) is 6.88. The second kappa shape index (κ2) is 4.49. The quantitative estimate of drug-likeness (QED) is 0.812. The van der Waals surface area contributed by atoms with Gasteiger partial charge in [-0.1, -0.05) is 0 Å². The van der Waals surface area contributed by atoms with Crippen LogP contribution in [0.2, 0.25) is 0 Å². The molecule has 0 bridgehead atoms. The Morgan fingerprint density at radius 3 is 2.44 bits per heavy atom. The Balaban J connectivity index is 2.58. The van der Waals surface area contributed by atoms with Crippen molar-refractivity contribution in [3.8, 4) is 11.5 Å². The molecular formula is C11H13NO5S. The predicted octanol–water partition coefficient (Wildman–Crippen LogP) is 0.770. The lowest BCUT2D eigenvalue weighted by molar-refractivity contribution is -0.116. The van der Waals surface area contributed by atoms with Gasteiger partial charge in [-0.15, -0.1) is 0 Å². The summed E-state index contributed by atoms with van der Waals surface area (Å²) >= 11 is 0. The SMILES string of the molecule is COc1ccc(OC)c(N2C(=O)CCS2(=O)=O)c1. The normalized spacial score (nSPS) is 17.9. The number of hydrogen-bond acceptors (Lipinski definition) is 5. The van der Waals surface area contributed by atoms with Crippen LogP contribution in [0.1, 0.15) is 6.42 Å². The zero-order valence-corrected chi connectivity index (χ0v) is 10.9. The second-order valence-corrected chi connectivity index (χ2v) is 5.70. The smallest absolute Gasteiger partial charge is 0.242 e. The fourth-order valence-corrected chi connectivity index (χ4v) is 3.26. The van der Waals surface area contributed by atoms with Crippen LogP contribution in [-0.4, -0.2) is 34.3 Å². The maximum atomic E-state index is 11.8. The highest BCUT2D eigenvalue weighted by Crippen LogP contribution is 2.36. The van der Waals surface area contributed by atoms with Crippen molar-refractivity contribution in [2.45, 2.75) is 6.42 Å². The van der Waals surface area contributed by atoms with Crippen molar-refractivity contribution in [2.24, 2.45) is 0 Å². The van der Waals surface area contributed by atoms with Crippen molar-refractivity contribution in [3.05, 3.63) is 18.2 Å². The van der Waals surface area contributed by atoms with Crippen LogP contribution in [0.15, 0.2) is 18.2 Å². The molecule has 7 heteroatoms. The number of hydrogen-bond donors (Lipinski definition) is 0. The number of methoxy groups -OCH3 is 2. The van der Waals surface area contributed by atoms with Gasteiger partial charge < -0.3 is 9.47 Å². The fraction of sp³-hybridized carbons (Fsp3) is 0.364. The first-order valence-electron chi connectivity index (χ1n) is 5.27. The van der Waals surface area contributed by atoms with Gasteiger partial charge in [-0.25, -0.2) is 12.7 Å². The van der Waals surface area contributed by atoms with E-state index in [9.17, 15) is 13.2 Å². The number of amides is 1. The molecule has 0 saturated carbocycles. The zero-order chi connectivity index (χ0) is 13.3. The summed E-state index contributed by atoms with van der Waals surface area (Å²) in [4.78, 5) is 11.7. The predicted molar refractivity (Wildman–Crippen MR) is 65.4 cm³/mol. The summed E-state index contributed by atoms with van der Waals surface area (Å²) in [6.07, 6.45) is -0.0112. The van der Waals surface area contributed by atoms with E-state index in [1.165, 1.54) is 20.3 Å². The first kappa shape index (κ1) is 12.7. The van der Waals surface area contributed by atoms with Gasteiger partial charge in [0.05, 0.1) is 20.0 Å². The molecule has 0 aliphatic carbocycles. The molecule has 0 unspecified atom stereocenters. The largest absolute Gasteiger partial charge is 0.497 e. The van der Waals surface area contributed by atoms with E-state index in [-0.39, 0.29) is 17.9 Å². The minimum atomic E-state index is -3.60. The van der Waals surface area contributed by atoms with Crippen molar-refractivity contribution in [2.75, 3.05) is 24.3 Å². The lowest BCUT2D eigenvalue weighted by atomic mass is 10.2. The van der Waals surface area contributed by atoms with E-state index in [0.717, 1.165) is 4.31 Å². The van der Waals surface area contributed by atoms with Crippen LogP contribution in [0.5, 0.6) is 11.5 Å². The van der Waals surface area contributed by atoms with Crippen molar-refractivity contribution in [3.63, 3.8) is 0 Å². The lowest BCUT2D eigenvalue weighted by Crippen LogP contribution is -2.29. The van der Waals surface area contributed by atoms with E-state index in [2.05, 4.69) is 0 Å². The number of anilines is 1. The Labute approximate surface area is 105 Å². The third-order valence-corrected chi connectivity index (χ3v) is 4.36. The molecule has 1 fully saturated rings. The molecule has 0 atom stereocenters. The average Bonchev–Trinajstić information content (AvgIpc) is 2.62. The lowest BCUT2D eigenvalue weighted by Gasteiger charge is -2.18. The van der Waals surface area contributed by atoms with Crippen LogP contribution in [0.4, 0.5) is 5.69 Å². The molecule has 0 N–H and O–H groups in total. The number of ether oxygens (including phenoxy) is 2. The van der Waals surface area contributed by atoms with Gasteiger partial charge in [0.2, 0.25) is 15.9 Å². The van der Waals surface area contributed by atoms with E-state index in [1.54, 1.807) is 12.1 Å². The minimum Gasteiger partial charge on any atom is -0.497 e. The standard InChI is InChI=1S/C11H13NO5S/c1-16-8-3-4-10(17-2)9(7-8)12-11(13)5-6-18(12,14)15/h3-4,7H,5-6H2,1-2H3. The second-order valence-electron chi connectivity index (χ2n) is 3.76. The van der Waals surface area contributed by atoms with Crippen LogP contribution in [0.25, 0.3) is 0 Å². The van der Waals surface area contributed by atoms with Crippen LogP contribution in [0.3, 0.4) is 0 Å². The number of carbonyl (C=O) groups excluding carboxylic acids is 1. The Kier molecular flexibility index (Phi) is 3.16. The molecule has 6 nitrogen and oxygen atoms in total. The summed E-state index contributed by atoms with van der Waals surface area (Å²) in [6.45, 7) is 0. The molecule has 0 radical (unpaired) electrons. The number of rotatable bonds is 3. The molecule has 1 aliphatic rings. The van der Waals surface area contributed by atoms with E-state index in [4.69, 9.17) is 9.47 Å². The Morgan fingerprint density at radius 1 is 1.22 bits per heavy atom. The molecule has 18 heavy (non-hydrogen) atoms. The van der Waals surface area contributed by atoms with E-state index in [0.29, 0.717) is 11.5 Å². The Hall–Kier alpha value is -1.76. The molecular weight excluding hydrogens is 258 g/mol. The molecule has 1 aromatic rings. The average molecular weight is 271 g/mol. The molecule has 0 aromatic heterocycles. The van der Waals surface area contributed by atoms with Crippen molar-refractivity contribution in [1.82, 2.24) is 0 Å². The maximum absolute atomic E-state index is 11.8.